The van der Waals surface area contributed by atoms with Gasteiger partial charge in [-0.3, -0.25) is 4.79 Å². The van der Waals surface area contributed by atoms with E-state index in [1.807, 2.05) is 6.07 Å². The molecule has 0 saturated carbocycles. The highest BCUT2D eigenvalue weighted by molar-refractivity contribution is 5.83. The van der Waals surface area contributed by atoms with E-state index in [9.17, 15) is 4.79 Å². The van der Waals surface area contributed by atoms with Crippen LogP contribution in [0.4, 0.5) is 0 Å². The molecular formula is C26H40N2O4. The van der Waals surface area contributed by atoms with Gasteiger partial charge >= 0.3 is 0 Å². The topological polar surface area (TPSA) is 72.6 Å². The van der Waals surface area contributed by atoms with Crippen LogP contribution in [0.5, 0.6) is 0 Å². The molecule has 0 aliphatic carbocycles. The van der Waals surface area contributed by atoms with E-state index in [0.717, 1.165) is 38.8 Å². The predicted molar refractivity (Wildman–Crippen MR) is 127 cm³/mol. The van der Waals surface area contributed by atoms with Gasteiger partial charge in [0.2, 0.25) is 5.91 Å². The summed E-state index contributed by atoms with van der Waals surface area (Å²) in [5.74, 6) is 1.32. The number of unbranched alkanes of at least 4 members (excludes halogenated alkanes) is 2. The number of carbonyl (C=O) groups is 1. The summed E-state index contributed by atoms with van der Waals surface area (Å²) in [6.45, 7) is 11.0. The van der Waals surface area contributed by atoms with E-state index in [1.165, 1.54) is 16.5 Å². The molecule has 1 aliphatic heterocycles. The van der Waals surface area contributed by atoms with Crippen LogP contribution >= 0.6 is 0 Å². The van der Waals surface area contributed by atoms with E-state index >= 15 is 0 Å². The standard InChI is InChI=1S/C26H40N2O4/c1-18-19(2)25(17-30-14-9-5-8-13-27-21(4)29)32-26(20(18)3)31-15-12-22-16-28-24-11-7-6-10-23(22)24/h6-7,10-11,16,18-20,25-26,28H,5,8-9,12-15,17H2,1-4H3,(H,27,29)/t18-,19-,20+,25+,26?/m0/s1. The first kappa shape index (κ1) is 24.7. The molecule has 6 nitrogen and oxygen atoms in total. The first-order valence-corrected chi connectivity index (χ1v) is 12.1. The average molecular weight is 445 g/mol. The van der Waals surface area contributed by atoms with Crippen LogP contribution in [-0.2, 0) is 25.4 Å². The van der Waals surface area contributed by atoms with Crippen molar-refractivity contribution >= 4 is 16.8 Å². The molecule has 5 atom stereocenters. The van der Waals surface area contributed by atoms with Gasteiger partial charge in [0.15, 0.2) is 6.29 Å². The number of carbonyl (C=O) groups excluding carboxylic acids is 1. The molecule has 0 radical (unpaired) electrons. The zero-order valence-electron chi connectivity index (χ0n) is 20.1. The minimum absolute atomic E-state index is 0.0336. The fourth-order valence-corrected chi connectivity index (χ4v) is 4.46. The van der Waals surface area contributed by atoms with Gasteiger partial charge in [-0.1, -0.05) is 39.0 Å². The lowest BCUT2D eigenvalue weighted by molar-refractivity contribution is -0.256. The fourth-order valence-electron chi connectivity index (χ4n) is 4.46. The van der Waals surface area contributed by atoms with Crippen LogP contribution in [0.25, 0.3) is 10.9 Å². The van der Waals surface area contributed by atoms with Gasteiger partial charge in [0, 0.05) is 43.1 Å². The van der Waals surface area contributed by atoms with Gasteiger partial charge in [-0.15, -0.1) is 0 Å². The van der Waals surface area contributed by atoms with Gasteiger partial charge in [0.1, 0.15) is 0 Å². The van der Waals surface area contributed by atoms with Crippen molar-refractivity contribution in [3.8, 4) is 0 Å². The van der Waals surface area contributed by atoms with Gasteiger partial charge in [-0.2, -0.15) is 0 Å². The minimum Gasteiger partial charge on any atom is -0.379 e. The molecule has 1 aromatic heterocycles. The number of hydrogen-bond donors (Lipinski definition) is 2. The Morgan fingerprint density at radius 3 is 2.69 bits per heavy atom. The Bertz CT molecular complexity index is 836. The first-order valence-electron chi connectivity index (χ1n) is 12.1. The van der Waals surface area contributed by atoms with Crippen LogP contribution in [0.2, 0.25) is 0 Å². The van der Waals surface area contributed by atoms with Crippen LogP contribution < -0.4 is 5.32 Å². The summed E-state index contributed by atoms with van der Waals surface area (Å²) in [5.41, 5.74) is 2.45. The Morgan fingerprint density at radius 1 is 1.06 bits per heavy atom. The van der Waals surface area contributed by atoms with Crippen molar-refractivity contribution in [2.75, 3.05) is 26.4 Å². The van der Waals surface area contributed by atoms with Crippen molar-refractivity contribution < 1.29 is 19.0 Å². The molecule has 2 aromatic rings. The predicted octanol–water partition coefficient (Wildman–Crippen LogP) is 4.68. The number of para-hydroxylation sites is 1. The van der Waals surface area contributed by atoms with Crippen LogP contribution in [0.3, 0.4) is 0 Å². The maximum absolute atomic E-state index is 10.9. The Kier molecular flexibility index (Phi) is 9.57. The van der Waals surface area contributed by atoms with Gasteiger partial charge in [0.25, 0.3) is 0 Å². The minimum atomic E-state index is -0.197. The van der Waals surface area contributed by atoms with Gasteiger partial charge in [-0.25, -0.2) is 0 Å². The average Bonchev–Trinajstić information content (AvgIpc) is 3.19. The second-order valence-electron chi connectivity index (χ2n) is 9.22. The zero-order chi connectivity index (χ0) is 22.9. The van der Waals surface area contributed by atoms with Crippen molar-refractivity contribution in [3.05, 3.63) is 36.0 Å². The molecule has 1 aromatic carbocycles. The first-order chi connectivity index (χ1) is 15.5. The summed E-state index contributed by atoms with van der Waals surface area (Å²) in [4.78, 5) is 14.2. The molecule has 1 amide bonds. The van der Waals surface area contributed by atoms with Crippen molar-refractivity contribution in [1.82, 2.24) is 10.3 Å². The molecule has 3 rings (SSSR count). The van der Waals surface area contributed by atoms with E-state index in [-0.39, 0.29) is 18.3 Å². The summed E-state index contributed by atoms with van der Waals surface area (Å²) in [7, 11) is 0. The molecule has 0 bridgehead atoms. The maximum Gasteiger partial charge on any atom is 0.216 e. The summed E-state index contributed by atoms with van der Waals surface area (Å²) in [6.07, 6.45) is 5.83. The third kappa shape index (κ3) is 6.80. The number of ether oxygens (including phenoxy) is 3. The smallest absolute Gasteiger partial charge is 0.216 e. The van der Waals surface area contributed by atoms with Crippen LogP contribution in [0, 0.1) is 17.8 Å². The third-order valence-corrected chi connectivity index (χ3v) is 6.93. The summed E-state index contributed by atoms with van der Waals surface area (Å²) < 4.78 is 18.5. The number of fused-ring (bicyclic) bond motifs is 1. The number of H-pyrrole nitrogens is 1. The van der Waals surface area contributed by atoms with E-state index < -0.39 is 0 Å². The van der Waals surface area contributed by atoms with Gasteiger partial charge < -0.3 is 24.5 Å². The van der Waals surface area contributed by atoms with Crippen LogP contribution in [0.15, 0.2) is 30.5 Å². The monoisotopic (exact) mass is 444 g/mol. The molecule has 178 valence electrons. The zero-order valence-corrected chi connectivity index (χ0v) is 20.1. The number of benzene rings is 1. The molecule has 1 aliphatic rings. The Morgan fingerprint density at radius 2 is 1.88 bits per heavy atom. The quantitative estimate of drug-likeness (QED) is 0.466. The molecular weight excluding hydrogens is 404 g/mol. The third-order valence-electron chi connectivity index (χ3n) is 6.93. The summed E-state index contributed by atoms with van der Waals surface area (Å²) >= 11 is 0. The van der Waals surface area contributed by atoms with Crippen molar-refractivity contribution in [1.29, 1.82) is 0 Å². The van der Waals surface area contributed by atoms with Gasteiger partial charge in [0.05, 0.1) is 19.3 Å². The number of nitrogens with one attached hydrogen (secondary N) is 2. The number of hydrogen-bond acceptors (Lipinski definition) is 4. The molecule has 2 heterocycles. The molecule has 2 N–H and O–H groups in total. The number of rotatable bonds is 12. The van der Waals surface area contributed by atoms with E-state index in [4.69, 9.17) is 14.2 Å². The lowest BCUT2D eigenvalue weighted by atomic mass is 9.79. The molecule has 6 heteroatoms. The highest BCUT2D eigenvalue weighted by Gasteiger charge is 2.39. The Hall–Kier alpha value is -1.89. The lowest BCUT2D eigenvalue weighted by Crippen LogP contribution is -2.47. The summed E-state index contributed by atoms with van der Waals surface area (Å²) in [5, 5.41) is 4.09. The largest absolute Gasteiger partial charge is 0.379 e. The van der Waals surface area contributed by atoms with Crippen molar-refractivity contribution in [2.24, 2.45) is 17.8 Å². The highest BCUT2D eigenvalue weighted by atomic mass is 16.7. The molecule has 1 unspecified atom stereocenters. The Balaban J connectivity index is 1.39. The van der Waals surface area contributed by atoms with Crippen LogP contribution in [0.1, 0.15) is 52.5 Å². The van der Waals surface area contributed by atoms with Crippen molar-refractivity contribution in [2.45, 2.75) is 65.8 Å². The fraction of sp³-hybridized carbons (Fsp3) is 0.654. The Labute approximate surface area is 192 Å². The molecule has 32 heavy (non-hydrogen) atoms. The second kappa shape index (κ2) is 12.4. The van der Waals surface area contributed by atoms with E-state index in [1.54, 1.807) is 6.92 Å². The SMILES string of the molecule is CC(=O)NCCCCCOC[C@H]1OC(OCCc2c[nH]c3ccccc23)[C@H](C)[C@@H](C)[C@@H]1C. The number of amides is 1. The second-order valence-corrected chi connectivity index (χ2v) is 9.22. The van der Waals surface area contributed by atoms with E-state index in [2.05, 4.69) is 55.5 Å². The maximum atomic E-state index is 10.9. The summed E-state index contributed by atoms with van der Waals surface area (Å²) in [6, 6.07) is 8.37. The normalized spacial score (nSPS) is 25.8. The van der Waals surface area contributed by atoms with Crippen molar-refractivity contribution in [3.63, 3.8) is 0 Å². The van der Waals surface area contributed by atoms with Crippen LogP contribution in [-0.4, -0.2) is 49.7 Å². The molecule has 1 fully saturated rings. The number of aromatic nitrogens is 1. The number of aromatic amines is 1. The lowest BCUT2D eigenvalue weighted by Gasteiger charge is -2.43. The highest BCUT2D eigenvalue weighted by Crippen LogP contribution is 2.35. The van der Waals surface area contributed by atoms with Gasteiger partial charge in [-0.05, 0) is 49.1 Å². The molecule has 0 spiro atoms. The van der Waals surface area contributed by atoms with E-state index in [0.29, 0.717) is 31.0 Å². The molecule has 1 saturated heterocycles.